The number of aryl methyl sites for hydroxylation is 1. The van der Waals surface area contributed by atoms with Gasteiger partial charge in [0, 0.05) is 25.4 Å². The van der Waals surface area contributed by atoms with E-state index in [1.165, 1.54) is 11.1 Å². The molecule has 3 N–H and O–H groups in total. The van der Waals surface area contributed by atoms with E-state index in [0.717, 1.165) is 25.9 Å². The predicted molar refractivity (Wildman–Crippen MR) is 63.7 cm³/mol. The quantitative estimate of drug-likeness (QED) is 0.678. The summed E-state index contributed by atoms with van der Waals surface area (Å²) in [7, 11) is 0. The fraction of sp³-hybridized carbons (Fsp3) is 0.500. The van der Waals surface area contributed by atoms with Crippen molar-refractivity contribution in [3.8, 4) is 0 Å². The molecule has 1 aromatic rings. The molecule has 0 radical (unpaired) electrons. The first-order valence-electron chi connectivity index (χ1n) is 5.58. The molecule has 1 rings (SSSR count). The van der Waals surface area contributed by atoms with Gasteiger partial charge in [0.1, 0.15) is 0 Å². The highest BCUT2D eigenvalue weighted by molar-refractivity contribution is 5.73. The lowest BCUT2D eigenvalue weighted by molar-refractivity contribution is -0.118. The van der Waals surface area contributed by atoms with Gasteiger partial charge in [0.2, 0.25) is 5.91 Å². The summed E-state index contributed by atoms with van der Waals surface area (Å²) in [5.41, 5.74) is 7.41. The van der Waals surface area contributed by atoms with Gasteiger partial charge in [-0.15, -0.1) is 0 Å². The lowest BCUT2D eigenvalue weighted by atomic mass is 10.2. The van der Waals surface area contributed by atoms with E-state index in [-0.39, 0.29) is 5.91 Å². The third-order valence-electron chi connectivity index (χ3n) is 2.29. The Morgan fingerprint density at radius 3 is 2.94 bits per heavy atom. The molecule has 1 aromatic heterocycles. The maximum atomic E-state index is 10.5. The van der Waals surface area contributed by atoms with Crippen molar-refractivity contribution in [2.45, 2.75) is 32.7 Å². The molecule has 0 saturated carbocycles. The van der Waals surface area contributed by atoms with Crippen LogP contribution in [-0.2, 0) is 11.3 Å². The molecule has 0 fully saturated rings. The molecule has 0 unspecified atom stereocenters. The van der Waals surface area contributed by atoms with Crippen molar-refractivity contribution in [2.24, 2.45) is 5.73 Å². The summed E-state index contributed by atoms with van der Waals surface area (Å²) >= 11 is 0. The molecule has 0 saturated heterocycles. The molecule has 1 heterocycles. The normalized spacial score (nSPS) is 10.3. The van der Waals surface area contributed by atoms with Crippen LogP contribution >= 0.6 is 0 Å². The van der Waals surface area contributed by atoms with Crippen molar-refractivity contribution in [1.82, 2.24) is 10.3 Å². The van der Waals surface area contributed by atoms with Gasteiger partial charge in [-0.25, -0.2) is 0 Å². The number of pyridine rings is 1. The fourth-order valence-corrected chi connectivity index (χ4v) is 1.50. The SMILES string of the molecule is Cc1cncc(CNCCCCC(N)=O)c1. The number of nitrogens with zero attached hydrogens (tertiary/aromatic N) is 1. The van der Waals surface area contributed by atoms with Crippen molar-refractivity contribution in [3.63, 3.8) is 0 Å². The van der Waals surface area contributed by atoms with E-state index in [2.05, 4.69) is 16.4 Å². The minimum absolute atomic E-state index is 0.220. The summed E-state index contributed by atoms with van der Waals surface area (Å²) in [6.45, 7) is 3.76. The summed E-state index contributed by atoms with van der Waals surface area (Å²) in [5, 5.41) is 3.31. The zero-order valence-corrected chi connectivity index (χ0v) is 9.70. The van der Waals surface area contributed by atoms with Crippen LogP contribution in [0.4, 0.5) is 0 Å². The number of rotatable bonds is 7. The number of hydrogen-bond acceptors (Lipinski definition) is 3. The average Bonchev–Trinajstić information content (AvgIpc) is 2.23. The van der Waals surface area contributed by atoms with Crippen LogP contribution in [-0.4, -0.2) is 17.4 Å². The zero-order chi connectivity index (χ0) is 11.8. The molecule has 88 valence electrons. The van der Waals surface area contributed by atoms with Gasteiger partial charge in [0.25, 0.3) is 0 Å². The van der Waals surface area contributed by atoms with Crippen molar-refractivity contribution in [3.05, 3.63) is 29.6 Å². The molecule has 0 aliphatic heterocycles. The number of aromatic nitrogens is 1. The second kappa shape index (κ2) is 6.95. The molecule has 0 aromatic carbocycles. The third kappa shape index (κ3) is 5.46. The molecule has 4 heteroatoms. The molecule has 0 spiro atoms. The minimum Gasteiger partial charge on any atom is -0.370 e. The topological polar surface area (TPSA) is 68.0 Å². The van der Waals surface area contributed by atoms with Gasteiger partial charge in [-0.3, -0.25) is 9.78 Å². The maximum Gasteiger partial charge on any atom is 0.217 e. The Kier molecular flexibility index (Phi) is 5.50. The van der Waals surface area contributed by atoms with Crippen molar-refractivity contribution >= 4 is 5.91 Å². The van der Waals surface area contributed by atoms with Gasteiger partial charge in [-0.2, -0.15) is 0 Å². The van der Waals surface area contributed by atoms with Crippen LogP contribution in [0.1, 0.15) is 30.4 Å². The lowest BCUT2D eigenvalue weighted by Gasteiger charge is -2.04. The smallest absolute Gasteiger partial charge is 0.217 e. The molecule has 1 amide bonds. The Labute approximate surface area is 96.3 Å². The van der Waals surface area contributed by atoms with Crippen LogP contribution in [0.5, 0.6) is 0 Å². The first-order chi connectivity index (χ1) is 7.68. The highest BCUT2D eigenvalue weighted by atomic mass is 16.1. The third-order valence-corrected chi connectivity index (χ3v) is 2.29. The van der Waals surface area contributed by atoms with E-state index in [1.807, 2.05) is 19.3 Å². The van der Waals surface area contributed by atoms with Crippen LogP contribution in [0.3, 0.4) is 0 Å². The van der Waals surface area contributed by atoms with E-state index >= 15 is 0 Å². The fourth-order valence-electron chi connectivity index (χ4n) is 1.50. The van der Waals surface area contributed by atoms with E-state index in [4.69, 9.17) is 5.73 Å². The standard InChI is InChI=1S/C12H19N3O/c1-10-6-11(9-15-7-10)8-14-5-3-2-4-12(13)16/h6-7,9,14H,2-5,8H2,1H3,(H2,13,16). The summed E-state index contributed by atoms with van der Waals surface area (Å²) in [6, 6.07) is 2.11. The minimum atomic E-state index is -0.220. The number of unbranched alkanes of at least 4 members (excludes halogenated alkanes) is 1. The van der Waals surface area contributed by atoms with Crippen LogP contribution in [0.15, 0.2) is 18.5 Å². The number of primary amides is 1. The summed E-state index contributed by atoms with van der Waals surface area (Å²) < 4.78 is 0. The summed E-state index contributed by atoms with van der Waals surface area (Å²) in [4.78, 5) is 14.6. The highest BCUT2D eigenvalue weighted by Crippen LogP contribution is 2.00. The Morgan fingerprint density at radius 2 is 2.25 bits per heavy atom. The van der Waals surface area contributed by atoms with Gasteiger partial charge in [0.15, 0.2) is 0 Å². The first-order valence-corrected chi connectivity index (χ1v) is 5.58. The number of nitrogens with two attached hydrogens (primary N) is 1. The van der Waals surface area contributed by atoms with Crippen LogP contribution in [0.25, 0.3) is 0 Å². The molecular weight excluding hydrogens is 202 g/mol. The van der Waals surface area contributed by atoms with Crippen LogP contribution in [0, 0.1) is 6.92 Å². The highest BCUT2D eigenvalue weighted by Gasteiger charge is 1.95. The van der Waals surface area contributed by atoms with Gasteiger partial charge < -0.3 is 11.1 Å². The first kappa shape index (κ1) is 12.6. The largest absolute Gasteiger partial charge is 0.370 e. The van der Waals surface area contributed by atoms with Crippen molar-refractivity contribution in [1.29, 1.82) is 0 Å². The molecule has 0 atom stereocenters. The van der Waals surface area contributed by atoms with Crippen LogP contribution in [0.2, 0.25) is 0 Å². The van der Waals surface area contributed by atoms with Gasteiger partial charge in [0.05, 0.1) is 0 Å². The summed E-state index contributed by atoms with van der Waals surface area (Å²) in [5.74, 6) is -0.220. The Morgan fingerprint density at radius 1 is 1.44 bits per heavy atom. The van der Waals surface area contributed by atoms with Gasteiger partial charge in [-0.1, -0.05) is 6.07 Å². The van der Waals surface area contributed by atoms with Crippen molar-refractivity contribution in [2.75, 3.05) is 6.54 Å². The number of nitrogens with one attached hydrogen (secondary N) is 1. The average molecular weight is 221 g/mol. The predicted octanol–water partition coefficient (Wildman–Crippen LogP) is 1.14. The monoisotopic (exact) mass is 221 g/mol. The lowest BCUT2D eigenvalue weighted by Crippen LogP contribution is -2.16. The van der Waals surface area contributed by atoms with Gasteiger partial charge in [-0.05, 0) is 37.4 Å². The molecule has 0 aliphatic rings. The van der Waals surface area contributed by atoms with E-state index in [1.54, 1.807) is 0 Å². The molecule has 0 bridgehead atoms. The molecule has 0 aliphatic carbocycles. The number of hydrogen-bond donors (Lipinski definition) is 2. The molecule has 4 nitrogen and oxygen atoms in total. The number of amides is 1. The van der Waals surface area contributed by atoms with E-state index in [9.17, 15) is 4.79 Å². The molecular formula is C12H19N3O. The van der Waals surface area contributed by atoms with E-state index < -0.39 is 0 Å². The summed E-state index contributed by atoms with van der Waals surface area (Å²) in [6.07, 6.45) is 6.02. The van der Waals surface area contributed by atoms with Crippen molar-refractivity contribution < 1.29 is 4.79 Å². The zero-order valence-electron chi connectivity index (χ0n) is 9.70. The Hall–Kier alpha value is -1.42. The van der Waals surface area contributed by atoms with Gasteiger partial charge >= 0.3 is 0 Å². The molecule has 16 heavy (non-hydrogen) atoms. The Balaban J connectivity index is 2.09. The second-order valence-corrected chi connectivity index (χ2v) is 3.97. The number of carbonyl (C=O) groups excluding carboxylic acids is 1. The maximum absolute atomic E-state index is 10.5. The number of carbonyl (C=O) groups is 1. The van der Waals surface area contributed by atoms with Crippen LogP contribution < -0.4 is 11.1 Å². The Bertz CT molecular complexity index is 339. The van der Waals surface area contributed by atoms with E-state index in [0.29, 0.717) is 6.42 Å². The second-order valence-electron chi connectivity index (χ2n) is 3.97.